The fourth-order valence-electron chi connectivity index (χ4n) is 13.9. The van der Waals surface area contributed by atoms with E-state index in [2.05, 4.69) is 10.6 Å². The first-order chi connectivity index (χ1) is 52.4. The second-order valence-electron chi connectivity index (χ2n) is 30.7. The van der Waals surface area contributed by atoms with Crippen LogP contribution in [0.4, 0.5) is 0 Å². The summed E-state index contributed by atoms with van der Waals surface area (Å²) in [5, 5.41) is 105. The minimum Gasteiger partial charge on any atom is -0.394 e. The van der Waals surface area contributed by atoms with Gasteiger partial charge in [0.25, 0.3) is 0 Å². The van der Waals surface area contributed by atoms with Crippen molar-refractivity contribution in [3.05, 3.63) is 0 Å². The first-order valence-electron chi connectivity index (χ1n) is 41.0. The molecule has 632 valence electrons. The largest absolute Gasteiger partial charge is 0.394 e. The lowest BCUT2D eigenvalue weighted by molar-refractivity contribution is -0.282. The van der Waals surface area contributed by atoms with Crippen molar-refractivity contribution in [2.24, 2.45) is 23.2 Å². The Balaban J connectivity index is 1.25. The van der Waals surface area contributed by atoms with Gasteiger partial charge in [0, 0.05) is 153 Å². The average molecular weight is 1560 g/mol. The molecule has 15 unspecified atom stereocenters. The number of aliphatic hydroxyl groups excluding tert-OH is 10. The van der Waals surface area contributed by atoms with E-state index in [0.717, 1.165) is 44.9 Å². The van der Waals surface area contributed by atoms with Gasteiger partial charge in [-0.15, -0.1) is 0 Å². The summed E-state index contributed by atoms with van der Waals surface area (Å²) in [5.74, 6) is -1.79. The van der Waals surface area contributed by atoms with Gasteiger partial charge in [-0.2, -0.15) is 0 Å². The number of carbonyl (C=O) groups excluding carboxylic acids is 8. The maximum absolute atomic E-state index is 14.1. The van der Waals surface area contributed by atoms with Gasteiger partial charge in [0.2, 0.25) is 17.7 Å². The third kappa shape index (κ3) is 39.7. The molecule has 16 atom stereocenters. The third-order valence-corrected chi connectivity index (χ3v) is 21.2. The number of nitrogens with one attached hydrogen (secondary N) is 2. The number of hydrogen-bond donors (Lipinski definition) is 12. The normalized spacial score (nSPS) is 26.3. The number of hydrogen-bond acceptors (Lipinski definition) is 27. The summed E-state index contributed by atoms with van der Waals surface area (Å²) in [6.45, 7) is 6.06. The van der Waals surface area contributed by atoms with Crippen LogP contribution in [0, 0.1) is 23.2 Å². The monoisotopic (exact) mass is 1560 g/mol. The van der Waals surface area contributed by atoms with Crippen LogP contribution < -0.4 is 10.6 Å². The number of rotatable bonds is 65. The molecule has 0 aromatic rings. The van der Waals surface area contributed by atoms with Gasteiger partial charge in [0.1, 0.15) is 65.5 Å². The molecule has 30 nitrogen and oxygen atoms in total. The second-order valence-corrected chi connectivity index (χ2v) is 30.7. The average Bonchev–Trinajstić information content (AvgIpc) is 1.59. The molecule has 3 amide bonds. The zero-order valence-electron chi connectivity index (χ0n) is 65.7. The number of Topliss-reactive ketones (excluding diaryl/α,β-unsaturated/α-hetero) is 5. The number of ketones is 5. The molecule has 4 rings (SSSR count). The van der Waals surface area contributed by atoms with Crippen molar-refractivity contribution in [3.8, 4) is 0 Å². The third-order valence-electron chi connectivity index (χ3n) is 21.2. The molecule has 0 aliphatic carbocycles. The molecule has 4 saturated heterocycles. The molecule has 4 fully saturated rings. The highest BCUT2D eigenvalue weighted by Crippen LogP contribution is 2.32. The lowest BCUT2D eigenvalue weighted by Crippen LogP contribution is -2.55. The van der Waals surface area contributed by atoms with E-state index in [0.29, 0.717) is 148 Å². The van der Waals surface area contributed by atoms with Crippen LogP contribution in [0.15, 0.2) is 0 Å². The summed E-state index contributed by atoms with van der Waals surface area (Å²) < 4.78 is 52.8. The molecule has 12 N–H and O–H groups in total. The summed E-state index contributed by atoms with van der Waals surface area (Å²) in [4.78, 5) is 106. The maximum Gasteiger partial charge on any atom is 0.222 e. The molecular weight excluding hydrogens is 1420 g/mol. The summed E-state index contributed by atoms with van der Waals surface area (Å²) in [7, 11) is 0. The quantitative estimate of drug-likeness (QED) is 0.0379. The van der Waals surface area contributed by atoms with Crippen molar-refractivity contribution in [2.45, 2.75) is 325 Å². The van der Waals surface area contributed by atoms with Crippen molar-refractivity contribution in [1.29, 1.82) is 0 Å². The molecule has 0 spiro atoms. The standard InChI is InChI=1S/C79H139N3O27/c1-55-70(95)73(98)64(49-83)107-76(55)104-41-21-18-29-58(86)25-13-10-15-27-60(88)35-44-101-52-79(47-62(90)31-12-8-6-4-5-7-9-17-33-69(94)82-40-34-63(91)48-82,53-102-45-36-61(89)28-16-11-14-26-59(87)30-19-22-42-105-77-56(2)71(96)74(99)65(50-84)108-77)54-103-46-37-68(93)81-39-24-38-80-67(92)32-20-23-43-106-78-57(3)72(97)75(100)66(51-85)109-78/h55-57,63-66,70-78,83-85,91,95-100H,4-54H2,1-3H3,(H,80,92)(H,81,93)/t55?,56?,57?,63-,64?,65?,66?,70?,71?,72?,73?,74?,75?,76?,77?,78?,79?/m1/s1. The lowest BCUT2D eigenvalue weighted by atomic mass is 9.83. The Bertz CT molecular complexity index is 2320. The zero-order chi connectivity index (χ0) is 79.8. The second kappa shape index (κ2) is 57.1. The number of ether oxygens (including phenoxy) is 9. The number of carbonyl (C=O) groups is 8. The van der Waals surface area contributed by atoms with Crippen LogP contribution in [0.3, 0.4) is 0 Å². The number of β-amino-alcohol motifs (C(OH)–C–C–N with tert-alkyl or cyclic N) is 1. The Labute approximate surface area is 645 Å². The van der Waals surface area contributed by atoms with E-state index in [1.165, 1.54) is 0 Å². The van der Waals surface area contributed by atoms with Crippen LogP contribution in [0.1, 0.15) is 245 Å². The van der Waals surface area contributed by atoms with E-state index < -0.39 is 123 Å². The highest BCUT2D eigenvalue weighted by atomic mass is 16.7. The fourth-order valence-corrected chi connectivity index (χ4v) is 13.9. The van der Waals surface area contributed by atoms with Crippen LogP contribution in [-0.2, 0) is 81.0 Å². The summed E-state index contributed by atoms with van der Waals surface area (Å²) >= 11 is 0. The van der Waals surface area contributed by atoms with E-state index in [-0.39, 0.29) is 164 Å². The Hall–Kier alpha value is -4.00. The van der Waals surface area contributed by atoms with Crippen LogP contribution in [0.5, 0.6) is 0 Å². The van der Waals surface area contributed by atoms with Gasteiger partial charge >= 0.3 is 0 Å². The Kier molecular flexibility index (Phi) is 51.0. The maximum atomic E-state index is 14.1. The smallest absolute Gasteiger partial charge is 0.222 e. The molecule has 0 aromatic carbocycles. The molecule has 4 heterocycles. The number of unbranched alkanes of at least 4 members (excludes halogenated alkanes) is 14. The van der Waals surface area contributed by atoms with Crippen molar-refractivity contribution < 1.29 is 132 Å². The van der Waals surface area contributed by atoms with E-state index in [1.54, 1.807) is 25.7 Å². The predicted molar refractivity (Wildman–Crippen MR) is 399 cm³/mol. The van der Waals surface area contributed by atoms with E-state index >= 15 is 0 Å². The molecule has 109 heavy (non-hydrogen) atoms. The first-order valence-corrected chi connectivity index (χ1v) is 41.0. The Morgan fingerprint density at radius 3 is 1.05 bits per heavy atom. The van der Waals surface area contributed by atoms with Crippen LogP contribution in [-0.4, -0.2) is 288 Å². The van der Waals surface area contributed by atoms with Gasteiger partial charge in [-0.1, -0.05) is 72.1 Å². The molecule has 0 bridgehead atoms. The number of aliphatic hydroxyl groups is 10. The molecule has 0 saturated carbocycles. The first kappa shape index (κ1) is 97.4. The number of nitrogens with zero attached hydrogens (tertiary/aromatic N) is 1. The Morgan fingerprint density at radius 1 is 0.367 bits per heavy atom. The van der Waals surface area contributed by atoms with Gasteiger partial charge in [-0.25, -0.2) is 0 Å². The minimum atomic E-state index is -1.23. The zero-order valence-corrected chi connectivity index (χ0v) is 65.7. The van der Waals surface area contributed by atoms with Crippen molar-refractivity contribution in [3.63, 3.8) is 0 Å². The highest BCUT2D eigenvalue weighted by molar-refractivity contribution is 5.81. The van der Waals surface area contributed by atoms with E-state index in [4.69, 9.17) is 42.6 Å². The van der Waals surface area contributed by atoms with Crippen molar-refractivity contribution in [2.75, 3.05) is 105 Å². The molecule has 30 heteroatoms. The topological polar surface area (TPSA) is 449 Å². The molecule has 4 aliphatic rings. The molecule has 0 aromatic heterocycles. The van der Waals surface area contributed by atoms with Gasteiger partial charge in [-0.05, 0) is 89.9 Å². The SMILES string of the molecule is CC1C(OCCCCC(=O)CCCCCC(=O)CCOCC(COCCC(=O)CCCCCC(=O)CCCCOC2OC(CO)C(O)C(O)C2C)(COCCC(=O)NCCCNC(=O)CCCCOC2OC(CO)C(O)C(O)C2C)CC(=O)CCCCCCCCCCC(=O)N2CC[C@@H](O)C2)OC(CO)C(O)C1O. The number of likely N-dealkylation sites (tertiary alicyclic amines) is 1. The van der Waals surface area contributed by atoms with E-state index in [9.17, 15) is 89.4 Å². The Morgan fingerprint density at radius 2 is 0.679 bits per heavy atom. The van der Waals surface area contributed by atoms with Crippen LogP contribution in [0.2, 0.25) is 0 Å². The highest BCUT2D eigenvalue weighted by Gasteiger charge is 2.45. The van der Waals surface area contributed by atoms with Gasteiger partial charge in [-0.3, -0.25) is 38.4 Å². The summed E-state index contributed by atoms with van der Waals surface area (Å²) in [6, 6.07) is 0. The van der Waals surface area contributed by atoms with Crippen LogP contribution in [0.25, 0.3) is 0 Å². The van der Waals surface area contributed by atoms with E-state index in [1.807, 2.05) is 0 Å². The van der Waals surface area contributed by atoms with Crippen LogP contribution >= 0.6 is 0 Å². The summed E-state index contributed by atoms with van der Waals surface area (Å²) in [5.41, 5.74) is -1.07. The minimum absolute atomic E-state index is 0.000559. The summed E-state index contributed by atoms with van der Waals surface area (Å²) in [6.07, 6.45) is 5.96. The predicted octanol–water partition coefficient (Wildman–Crippen LogP) is 4.23. The molecule has 4 aliphatic heterocycles. The van der Waals surface area contributed by atoms with Crippen molar-refractivity contribution in [1.82, 2.24) is 15.5 Å². The fraction of sp³-hybridized carbons (Fsp3) is 0.899. The van der Waals surface area contributed by atoms with Gasteiger partial charge in [0.15, 0.2) is 18.9 Å². The van der Waals surface area contributed by atoms with Gasteiger partial charge < -0.3 is 109 Å². The van der Waals surface area contributed by atoms with Gasteiger partial charge in [0.05, 0.1) is 83.9 Å². The van der Waals surface area contributed by atoms with Crippen molar-refractivity contribution >= 4 is 46.6 Å². The lowest BCUT2D eigenvalue weighted by Gasteiger charge is -2.40. The number of amides is 3. The molecule has 0 radical (unpaired) electrons. The molecular formula is C79H139N3O27.